The Kier molecular flexibility index (Phi) is 7.38. The van der Waals surface area contributed by atoms with Gasteiger partial charge in [0.05, 0.1) is 10.2 Å². The van der Waals surface area contributed by atoms with Crippen molar-refractivity contribution in [3.05, 3.63) is 193 Å². The first-order valence-electron chi connectivity index (χ1n) is 19.1. The standard InChI is InChI=1S/C52H36N2OS/c1-52(2)45-17-8-6-13-41(45)42-29-27-38(31-46(42)52)54(37-25-23-35(24-26-37)40-15-10-16-44-43-14-7-9-18-48(43)55-50(40)44)39-28-30-47-49(32-39)56-51(53-47)36-21-19-34(20-22-36)33-11-4-3-5-12-33/h3-32H,1-2H3. The molecule has 11 rings (SSSR count). The maximum Gasteiger partial charge on any atom is 0.143 e. The van der Waals surface area contributed by atoms with Crippen molar-refractivity contribution < 1.29 is 4.42 Å². The zero-order chi connectivity index (χ0) is 37.4. The monoisotopic (exact) mass is 736 g/mol. The maximum atomic E-state index is 6.43. The summed E-state index contributed by atoms with van der Waals surface area (Å²) in [6, 6.07) is 65.4. The number of fused-ring (bicyclic) bond motifs is 7. The molecule has 0 atom stereocenters. The second-order valence-corrected chi connectivity index (χ2v) is 16.2. The highest BCUT2D eigenvalue weighted by molar-refractivity contribution is 7.21. The predicted octanol–water partition coefficient (Wildman–Crippen LogP) is 15.0. The summed E-state index contributed by atoms with van der Waals surface area (Å²) in [5.74, 6) is 0. The van der Waals surface area contributed by atoms with E-state index in [-0.39, 0.29) is 5.41 Å². The molecule has 0 saturated carbocycles. The second-order valence-electron chi connectivity index (χ2n) is 15.2. The van der Waals surface area contributed by atoms with Crippen molar-refractivity contribution in [2.45, 2.75) is 19.3 Å². The highest BCUT2D eigenvalue weighted by atomic mass is 32.1. The summed E-state index contributed by atoms with van der Waals surface area (Å²) in [5.41, 5.74) is 17.1. The molecular formula is C52H36N2OS. The fraction of sp³-hybridized carbons (Fsp3) is 0.0577. The van der Waals surface area contributed by atoms with Crippen LogP contribution in [0.1, 0.15) is 25.0 Å². The molecule has 0 radical (unpaired) electrons. The number of furan rings is 1. The minimum absolute atomic E-state index is 0.116. The Balaban J connectivity index is 1.01. The van der Waals surface area contributed by atoms with Crippen molar-refractivity contribution in [1.82, 2.24) is 4.98 Å². The van der Waals surface area contributed by atoms with E-state index in [2.05, 4.69) is 189 Å². The van der Waals surface area contributed by atoms with Crippen LogP contribution in [0.4, 0.5) is 17.1 Å². The van der Waals surface area contributed by atoms with E-state index >= 15 is 0 Å². The van der Waals surface area contributed by atoms with Gasteiger partial charge < -0.3 is 9.32 Å². The van der Waals surface area contributed by atoms with Crippen LogP contribution in [-0.4, -0.2) is 4.98 Å². The third kappa shape index (κ3) is 5.21. The Labute approximate surface area is 329 Å². The van der Waals surface area contributed by atoms with E-state index < -0.39 is 0 Å². The number of nitrogens with zero attached hydrogens (tertiary/aromatic N) is 2. The molecule has 0 bridgehead atoms. The van der Waals surface area contributed by atoms with Gasteiger partial charge in [0.15, 0.2) is 0 Å². The molecule has 1 aliphatic rings. The van der Waals surface area contributed by atoms with E-state index in [0.717, 1.165) is 70.9 Å². The summed E-state index contributed by atoms with van der Waals surface area (Å²) >= 11 is 1.74. The zero-order valence-electron chi connectivity index (χ0n) is 31.0. The van der Waals surface area contributed by atoms with Gasteiger partial charge >= 0.3 is 0 Å². The van der Waals surface area contributed by atoms with Crippen LogP contribution in [0.3, 0.4) is 0 Å². The van der Waals surface area contributed by atoms with Crippen LogP contribution in [-0.2, 0) is 5.41 Å². The quantitative estimate of drug-likeness (QED) is 0.170. The van der Waals surface area contributed by atoms with Gasteiger partial charge in [0, 0.05) is 44.4 Å². The van der Waals surface area contributed by atoms with E-state index in [1.54, 1.807) is 11.3 Å². The number of thiazole rings is 1. The number of hydrogen-bond acceptors (Lipinski definition) is 4. The lowest BCUT2D eigenvalue weighted by molar-refractivity contribution is 0.660. The Morgan fingerprint density at radius 3 is 1.96 bits per heavy atom. The summed E-state index contributed by atoms with van der Waals surface area (Å²) in [6.45, 7) is 4.69. The first-order valence-corrected chi connectivity index (χ1v) is 19.9. The Morgan fingerprint density at radius 1 is 0.482 bits per heavy atom. The Bertz CT molecular complexity index is 3100. The number of aromatic nitrogens is 1. The van der Waals surface area contributed by atoms with Gasteiger partial charge in [-0.15, -0.1) is 11.3 Å². The van der Waals surface area contributed by atoms with Crippen LogP contribution < -0.4 is 4.90 Å². The molecule has 10 aromatic rings. The van der Waals surface area contributed by atoms with Gasteiger partial charge in [-0.25, -0.2) is 4.98 Å². The third-order valence-corrected chi connectivity index (χ3v) is 12.6. The summed E-state index contributed by atoms with van der Waals surface area (Å²) in [5, 5.41) is 3.29. The molecular weight excluding hydrogens is 701 g/mol. The van der Waals surface area contributed by atoms with Gasteiger partial charge in [-0.3, -0.25) is 0 Å². The van der Waals surface area contributed by atoms with Crippen molar-refractivity contribution in [3.8, 4) is 44.0 Å². The molecule has 0 aliphatic heterocycles. The largest absolute Gasteiger partial charge is 0.455 e. The van der Waals surface area contributed by atoms with E-state index in [9.17, 15) is 0 Å². The van der Waals surface area contributed by atoms with Gasteiger partial charge in [-0.05, 0) is 87.5 Å². The molecule has 2 heterocycles. The molecule has 266 valence electrons. The number of para-hydroxylation sites is 2. The molecule has 8 aromatic carbocycles. The fourth-order valence-electron chi connectivity index (χ4n) is 8.65. The average molecular weight is 737 g/mol. The van der Waals surface area contributed by atoms with Gasteiger partial charge in [0.1, 0.15) is 16.2 Å². The first-order chi connectivity index (χ1) is 27.5. The minimum atomic E-state index is -0.116. The molecule has 0 spiro atoms. The lowest BCUT2D eigenvalue weighted by Gasteiger charge is -2.28. The number of rotatable bonds is 6. The first kappa shape index (κ1) is 32.7. The van der Waals surface area contributed by atoms with Crippen LogP contribution in [0, 0.1) is 0 Å². The predicted molar refractivity (Wildman–Crippen MR) is 235 cm³/mol. The number of benzene rings is 8. The fourth-order valence-corrected chi connectivity index (χ4v) is 9.66. The van der Waals surface area contributed by atoms with Crippen LogP contribution in [0.5, 0.6) is 0 Å². The van der Waals surface area contributed by atoms with Crippen molar-refractivity contribution >= 4 is 60.6 Å². The van der Waals surface area contributed by atoms with Crippen molar-refractivity contribution in [2.24, 2.45) is 0 Å². The van der Waals surface area contributed by atoms with Crippen LogP contribution in [0.15, 0.2) is 186 Å². The molecule has 56 heavy (non-hydrogen) atoms. The van der Waals surface area contributed by atoms with Crippen molar-refractivity contribution in [3.63, 3.8) is 0 Å². The Hall–Kier alpha value is -6.75. The molecule has 2 aromatic heterocycles. The van der Waals surface area contributed by atoms with Crippen molar-refractivity contribution in [1.29, 1.82) is 0 Å². The molecule has 0 N–H and O–H groups in total. The van der Waals surface area contributed by atoms with Gasteiger partial charge in [-0.2, -0.15) is 0 Å². The molecule has 1 aliphatic carbocycles. The molecule has 0 unspecified atom stereocenters. The molecule has 3 nitrogen and oxygen atoms in total. The average Bonchev–Trinajstić information content (AvgIpc) is 3.92. The summed E-state index contributed by atoms with van der Waals surface area (Å²) in [6.07, 6.45) is 0. The lowest BCUT2D eigenvalue weighted by atomic mass is 9.82. The van der Waals surface area contributed by atoms with Gasteiger partial charge in [0.25, 0.3) is 0 Å². The minimum Gasteiger partial charge on any atom is -0.455 e. The molecule has 0 saturated heterocycles. The number of anilines is 3. The second kappa shape index (κ2) is 12.7. The zero-order valence-corrected chi connectivity index (χ0v) is 31.8. The topological polar surface area (TPSA) is 29.3 Å². The Morgan fingerprint density at radius 2 is 1.11 bits per heavy atom. The summed E-state index contributed by atoms with van der Waals surface area (Å²) in [7, 11) is 0. The van der Waals surface area contributed by atoms with E-state index in [1.807, 2.05) is 12.1 Å². The molecule has 0 amide bonds. The molecule has 4 heteroatoms. The van der Waals surface area contributed by atoms with Crippen LogP contribution >= 0.6 is 11.3 Å². The highest BCUT2D eigenvalue weighted by Gasteiger charge is 2.35. The SMILES string of the molecule is CC1(C)c2ccccc2-c2ccc(N(c3ccc(-c4cccc5c4oc4ccccc45)cc3)c3ccc4nc(-c5ccc(-c6ccccc6)cc5)sc4c3)cc21. The van der Waals surface area contributed by atoms with E-state index in [1.165, 1.54) is 33.4 Å². The maximum absolute atomic E-state index is 6.43. The summed E-state index contributed by atoms with van der Waals surface area (Å²) in [4.78, 5) is 7.48. The number of hydrogen-bond donors (Lipinski definition) is 0. The lowest BCUT2D eigenvalue weighted by Crippen LogP contribution is -2.16. The van der Waals surface area contributed by atoms with Gasteiger partial charge in [-0.1, -0.05) is 147 Å². The third-order valence-electron chi connectivity index (χ3n) is 11.5. The smallest absolute Gasteiger partial charge is 0.143 e. The summed E-state index contributed by atoms with van der Waals surface area (Å²) < 4.78 is 7.58. The van der Waals surface area contributed by atoms with Crippen LogP contribution in [0.2, 0.25) is 0 Å². The van der Waals surface area contributed by atoms with Crippen molar-refractivity contribution in [2.75, 3.05) is 4.90 Å². The van der Waals surface area contributed by atoms with E-state index in [0.29, 0.717) is 0 Å². The normalized spacial score (nSPS) is 13.0. The van der Waals surface area contributed by atoms with Gasteiger partial charge in [0.2, 0.25) is 0 Å². The molecule has 0 fully saturated rings. The van der Waals surface area contributed by atoms with E-state index in [4.69, 9.17) is 9.40 Å². The highest BCUT2D eigenvalue weighted by Crippen LogP contribution is 2.51. The van der Waals surface area contributed by atoms with Crippen LogP contribution in [0.25, 0.3) is 76.1 Å².